The van der Waals surface area contributed by atoms with Gasteiger partial charge in [-0.2, -0.15) is 5.10 Å². The average Bonchev–Trinajstić information content (AvgIpc) is 2.92. The zero-order chi connectivity index (χ0) is 15.4. The monoisotopic (exact) mass is 304 g/mol. The highest BCUT2D eigenvalue weighted by molar-refractivity contribution is 5.16. The van der Waals surface area contributed by atoms with Crippen molar-refractivity contribution in [2.24, 2.45) is 0 Å². The maximum Gasteiger partial charge on any atom is 0.164 e. The van der Waals surface area contributed by atoms with Gasteiger partial charge in [0.1, 0.15) is 11.6 Å². The lowest BCUT2D eigenvalue weighted by atomic mass is 10.1. The van der Waals surface area contributed by atoms with Crippen molar-refractivity contribution < 1.29 is 9.13 Å². The maximum absolute atomic E-state index is 13.6. The Balaban J connectivity index is 1.51. The molecule has 1 aromatic carbocycles. The number of likely N-dealkylation sites (tertiary alicyclic amines) is 1. The highest BCUT2D eigenvalue weighted by atomic mass is 19.1. The summed E-state index contributed by atoms with van der Waals surface area (Å²) in [5.74, 6) is 1.44. The number of aromatic nitrogens is 3. The lowest BCUT2D eigenvalue weighted by Crippen LogP contribution is -2.39. The first-order chi connectivity index (χ1) is 10.7. The van der Waals surface area contributed by atoms with E-state index in [2.05, 4.69) is 20.1 Å². The van der Waals surface area contributed by atoms with Crippen LogP contribution in [0.25, 0.3) is 0 Å². The lowest BCUT2D eigenvalue weighted by Gasteiger charge is -2.31. The molecule has 2 heterocycles. The molecule has 5 nitrogen and oxygen atoms in total. The Morgan fingerprint density at radius 1 is 1.41 bits per heavy atom. The van der Waals surface area contributed by atoms with Gasteiger partial charge in [-0.1, -0.05) is 18.2 Å². The van der Waals surface area contributed by atoms with Crippen LogP contribution < -0.4 is 0 Å². The number of halogens is 1. The van der Waals surface area contributed by atoms with Crippen molar-refractivity contribution in [1.82, 2.24) is 20.1 Å². The summed E-state index contributed by atoms with van der Waals surface area (Å²) in [5, 5.41) is 7.03. The summed E-state index contributed by atoms with van der Waals surface area (Å²) in [6.07, 6.45) is 2.22. The van der Waals surface area contributed by atoms with Gasteiger partial charge in [0.2, 0.25) is 0 Å². The minimum Gasteiger partial charge on any atom is -0.372 e. The molecular weight excluding hydrogens is 283 g/mol. The molecule has 1 N–H and O–H groups in total. The third kappa shape index (κ3) is 3.90. The van der Waals surface area contributed by atoms with Crippen molar-refractivity contribution in [3.63, 3.8) is 0 Å². The molecule has 1 atom stereocenters. The summed E-state index contributed by atoms with van der Waals surface area (Å²) in [4.78, 5) is 6.63. The first kappa shape index (κ1) is 15.1. The molecule has 3 rings (SSSR count). The number of nitrogens with zero attached hydrogens (tertiary/aromatic N) is 3. The van der Waals surface area contributed by atoms with E-state index >= 15 is 0 Å². The van der Waals surface area contributed by atoms with E-state index in [4.69, 9.17) is 4.74 Å². The van der Waals surface area contributed by atoms with Gasteiger partial charge in [0, 0.05) is 12.1 Å². The Morgan fingerprint density at radius 2 is 2.27 bits per heavy atom. The highest BCUT2D eigenvalue weighted by Crippen LogP contribution is 2.17. The average molecular weight is 304 g/mol. The largest absolute Gasteiger partial charge is 0.372 e. The molecular formula is C16H21FN4O. The Hall–Kier alpha value is -1.79. The predicted octanol–water partition coefficient (Wildman–Crippen LogP) is 2.43. The van der Waals surface area contributed by atoms with Crippen LogP contribution in [0, 0.1) is 12.7 Å². The van der Waals surface area contributed by atoms with E-state index in [1.54, 1.807) is 12.1 Å². The number of ether oxygens (including phenoxy) is 1. The van der Waals surface area contributed by atoms with E-state index in [0.717, 1.165) is 44.1 Å². The number of benzene rings is 1. The number of H-pyrrole nitrogens is 1. The van der Waals surface area contributed by atoms with Gasteiger partial charge >= 0.3 is 0 Å². The Bertz CT molecular complexity index is 616. The van der Waals surface area contributed by atoms with Crippen LogP contribution in [0.15, 0.2) is 24.3 Å². The molecule has 0 radical (unpaired) electrons. The summed E-state index contributed by atoms with van der Waals surface area (Å²) in [6, 6.07) is 6.77. The summed E-state index contributed by atoms with van der Waals surface area (Å²) in [7, 11) is 0. The molecule has 118 valence electrons. The number of nitrogens with one attached hydrogen (secondary N) is 1. The van der Waals surface area contributed by atoms with Gasteiger partial charge < -0.3 is 4.74 Å². The third-order valence-electron chi connectivity index (χ3n) is 3.90. The fourth-order valence-electron chi connectivity index (χ4n) is 2.78. The van der Waals surface area contributed by atoms with Crippen molar-refractivity contribution in [3.05, 3.63) is 47.3 Å². The van der Waals surface area contributed by atoms with Crippen LogP contribution in [-0.4, -0.2) is 39.3 Å². The molecule has 2 aromatic rings. The van der Waals surface area contributed by atoms with Crippen molar-refractivity contribution in [1.29, 1.82) is 0 Å². The van der Waals surface area contributed by atoms with Gasteiger partial charge in [-0.15, -0.1) is 0 Å². The minimum atomic E-state index is -0.202. The molecule has 0 spiro atoms. The quantitative estimate of drug-likeness (QED) is 0.922. The van der Waals surface area contributed by atoms with E-state index in [1.165, 1.54) is 6.07 Å². The van der Waals surface area contributed by atoms with Crippen LogP contribution >= 0.6 is 0 Å². The second-order valence-corrected chi connectivity index (χ2v) is 5.74. The summed E-state index contributed by atoms with van der Waals surface area (Å²) < 4.78 is 19.5. The smallest absolute Gasteiger partial charge is 0.164 e. The van der Waals surface area contributed by atoms with Gasteiger partial charge in [0.25, 0.3) is 0 Å². The van der Waals surface area contributed by atoms with Crippen LogP contribution in [0.5, 0.6) is 0 Å². The van der Waals surface area contributed by atoms with Gasteiger partial charge in [-0.3, -0.25) is 10.00 Å². The zero-order valence-corrected chi connectivity index (χ0v) is 12.8. The van der Waals surface area contributed by atoms with Gasteiger partial charge in [0.05, 0.1) is 19.3 Å². The lowest BCUT2D eigenvalue weighted by molar-refractivity contribution is -0.0135. The number of hydrogen-bond acceptors (Lipinski definition) is 4. The summed E-state index contributed by atoms with van der Waals surface area (Å²) >= 11 is 0. The number of aryl methyl sites for hydroxylation is 1. The molecule has 0 bridgehead atoms. The SMILES string of the molecule is Cc1nc(CN2CCC[C@H](OCc3ccccc3F)C2)n[nH]1. The molecule has 1 aliphatic rings. The number of aromatic amines is 1. The molecule has 22 heavy (non-hydrogen) atoms. The zero-order valence-electron chi connectivity index (χ0n) is 12.8. The molecule has 0 amide bonds. The molecule has 1 aliphatic heterocycles. The van der Waals surface area contributed by atoms with Crippen LogP contribution in [0.4, 0.5) is 4.39 Å². The molecule has 1 aromatic heterocycles. The summed E-state index contributed by atoms with van der Waals surface area (Å²) in [6.45, 7) is 4.80. The van der Waals surface area contributed by atoms with E-state index in [9.17, 15) is 4.39 Å². The Morgan fingerprint density at radius 3 is 3.05 bits per heavy atom. The van der Waals surface area contributed by atoms with Crippen LogP contribution in [0.2, 0.25) is 0 Å². The first-order valence-electron chi connectivity index (χ1n) is 7.66. The van der Waals surface area contributed by atoms with Crippen LogP contribution in [0.1, 0.15) is 30.1 Å². The van der Waals surface area contributed by atoms with Crippen LogP contribution in [-0.2, 0) is 17.9 Å². The predicted molar refractivity (Wildman–Crippen MR) is 80.6 cm³/mol. The topological polar surface area (TPSA) is 54.0 Å². The normalized spacial score (nSPS) is 19.5. The van der Waals surface area contributed by atoms with Crippen LogP contribution in [0.3, 0.4) is 0 Å². The molecule has 0 aliphatic carbocycles. The minimum absolute atomic E-state index is 0.133. The molecule has 1 fully saturated rings. The first-order valence-corrected chi connectivity index (χ1v) is 7.66. The Labute approximate surface area is 129 Å². The molecule has 0 unspecified atom stereocenters. The van der Waals surface area contributed by atoms with E-state index in [1.807, 2.05) is 13.0 Å². The Kier molecular flexibility index (Phi) is 4.80. The third-order valence-corrected chi connectivity index (χ3v) is 3.90. The number of hydrogen-bond donors (Lipinski definition) is 1. The van der Waals surface area contributed by atoms with Gasteiger partial charge in [-0.25, -0.2) is 9.37 Å². The number of piperidine rings is 1. The molecule has 6 heteroatoms. The second-order valence-electron chi connectivity index (χ2n) is 5.74. The van der Waals surface area contributed by atoms with Gasteiger partial charge in [0.15, 0.2) is 5.82 Å². The maximum atomic E-state index is 13.6. The standard InChI is InChI=1S/C16H21FN4O/c1-12-18-16(20-19-12)10-21-8-4-6-14(9-21)22-11-13-5-2-3-7-15(13)17/h2-3,5,7,14H,4,6,8-11H2,1H3,(H,18,19,20)/t14-/m0/s1. The van der Waals surface area contributed by atoms with Crippen molar-refractivity contribution in [2.45, 2.75) is 39.0 Å². The van der Waals surface area contributed by atoms with Crippen molar-refractivity contribution >= 4 is 0 Å². The van der Waals surface area contributed by atoms with Crippen molar-refractivity contribution in [3.8, 4) is 0 Å². The fourth-order valence-corrected chi connectivity index (χ4v) is 2.78. The van der Waals surface area contributed by atoms with Crippen molar-refractivity contribution in [2.75, 3.05) is 13.1 Å². The van der Waals surface area contributed by atoms with E-state index in [-0.39, 0.29) is 11.9 Å². The molecule has 1 saturated heterocycles. The van der Waals surface area contributed by atoms with Gasteiger partial charge in [-0.05, 0) is 32.4 Å². The van der Waals surface area contributed by atoms with E-state index in [0.29, 0.717) is 12.2 Å². The fraction of sp³-hybridized carbons (Fsp3) is 0.500. The highest BCUT2D eigenvalue weighted by Gasteiger charge is 2.21. The second kappa shape index (κ2) is 6.98. The van der Waals surface area contributed by atoms with E-state index < -0.39 is 0 Å². The summed E-state index contributed by atoms with van der Waals surface area (Å²) in [5.41, 5.74) is 0.615. The number of rotatable bonds is 5. The molecule has 0 saturated carbocycles.